The van der Waals surface area contributed by atoms with Crippen molar-refractivity contribution in [3.8, 4) is 11.5 Å². The van der Waals surface area contributed by atoms with E-state index >= 15 is 0 Å². The van der Waals surface area contributed by atoms with Crippen LogP contribution in [0.2, 0.25) is 5.02 Å². The van der Waals surface area contributed by atoms with Crippen LogP contribution in [0.5, 0.6) is 11.5 Å². The van der Waals surface area contributed by atoms with Crippen LogP contribution in [0.15, 0.2) is 53.1 Å². The number of methoxy groups -OCH3 is 1. The van der Waals surface area contributed by atoms with E-state index in [1.54, 1.807) is 26.2 Å². The number of piperazine rings is 1. The van der Waals surface area contributed by atoms with Gasteiger partial charge in [-0.2, -0.15) is 0 Å². The Bertz CT molecular complexity index is 1080. The van der Waals surface area contributed by atoms with Gasteiger partial charge in [0, 0.05) is 32.7 Å². The first-order valence-corrected chi connectivity index (χ1v) is 10.9. The van der Waals surface area contributed by atoms with E-state index in [4.69, 9.17) is 25.6 Å². The van der Waals surface area contributed by atoms with Crippen LogP contribution in [-0.4, -0.2) is 54.2 Å². The topological polar surface area (TPSA) is 68.0 Å². The summed E-state index contributed by atoms with van der Waals surface area (Å²) in [5.74, 6) is 1.83. The van der Waals surface area contributed by atoms with Gasteiger partial charge in [-0.15, -0.1) is 0 Å². The number of rotatable bonds is 7. The summed E-state index contributed by atoms with van der Waals surface area (Å²) in [5.41, 5.74) is 2.14. The molecule has 0 saturated carbocycles. The van der Waals surface area contributed by atoms with Crippen molar-refractivity contribution in [3.63, 3.8) is 0 Å². The summed E-state index contributed by atoms with van der Waals surface area (Å²) < 4.78 is 16.4. The molecule has 1 fully saturated rings. The molecule has 0 bridgehead atoms. The van der Waals surface area contributed by atoms with E-state index in [0.29, 0.717) is 40.9 Å². The first-order valence-electron chi connectivity index (χ1n) is 10.5. The second-order valence-electron chi connectivity index (χ2n) is 7.70. The third kappa shape index (κ3) is 5.06. The first kappa shape index (κ1) is 22.2. The van der Waals surface area contributed by atoms with Gasteiger partial charge in [0.1, 0.15) is 23.9 Å². The molecule has 1 aromatic heterocycles. The van der Waals surface area contributed by atoms with Gasteiger partial charge in [-0.3, -0.25) is 9.69 Å². The van der Waals surface area contributed by atoms with Crippen molar-refractivity contribution >= 4 is 17.5 Å². The summed E-state index contributed by atoms with van der Waals surface area (Å²) >= 11 is 6.17. The number of nitrogens with zero attached hydrogens (tertiary/aromatic N) is 3. The SMILES string of the molecule is COc1cccc(CN2CCN(C(=O)c3noc(C)c3COc3ccccc3Cl)CC2)c1. The summed E-state index contributed by atoms with van der Waals surface area (Å²) in [6.45, 7) is 5.58. The smallest absolute Gasteiger partial charge is 0.276 e. The molecule has 0 spiro atoms. The van der Waals surface area contributed by atoms with Crippen molar-refractivity contribution in [2.45, 2.75) is 20.1 Å². The molecule has 168 valence electrons. The number of amides is 1. The Balaban J connectivity index is 1.36. The van der Waals surface area contributed by atoms with Gasteiger partial charge in [0.25, 0.3) is 5.91 Å². The van der Waals surface area contributed by atoms with E-state index in [0.717, 1.165) is 25.4 Å². The fraction of sp³-hybridized carbons (Fsp3) is 0.333. The average Bonchev–Trinajstić information content (AvgIpc) is 3.19. The predicted molar refractivity (Wildman–Crippen MR) is 121 cm³/mol. The van der Waals surface area contributed by atoms with Crippen molar-refractivity contribution < 1.29 is 18.8 Å². The number of para-hydroxylation sites is 1. The molecule has 32 heavy (non-hydrogen) atoms. The lowest BCUT2D eigenvalue weighted by Crippen LogP contribution is -2.48. The van der Waals surface area contributed by atoms with E-state index < -0.39 is 0 Å². The molecule has 4 rings (SSSR count). The standard InChI is InChI=1S/C24H26ClN3O4/c1-17-20(16-31-22-9-4-3-8-21(22)25)23(26-32-17)24(29)28-12-10-27(11-13-28)15-18-6-5-7-19(14-18)30-2/h3-9,14H,10-13,15-16H2,1-2H3. The maximum Gasteiger partial charge on any atom is 0.276 e. The Hall–Kier alpha value is -3.03. The van der Waals surface area contributed by atoms with Crippen molar-refractivity contribution in [2.75, 3.05) is 33.3 Å². The molecule has 2 aromatic carbocycles. The second kappa shape index (κ2) is 10.1. The molecule has 0 radical (unpaired) electrons. The number of aromatic nitrogens is 1. The Labute approximate surface area is 192 Å². The van der Waals surface area contributed by atoms with Crippen molar-refractivity contribution in [2.24, 2.45) is 0 Å². The van der Waals surface area contributed by atoms with Crippen LogP contribution in [0, 0.1) is 6.92 Å². The Kier molecular flexibility index (Phi) is 6.97. The Morgan fingerprint density at radius 3 is 2.66 bits per heavy atom. The lowest BCUT2D eigenvalue weighted by molar-refractivity contribution is 0.0616. The van der Waals surface area contributed by atoms with E-state index in [2.05, 4.69) is 16.1 Å². The third-order valence-corrected chi connectivity index (χ3v) is 5.91. The number of halogens is 1. The third-order valence-electron chi connectivity index (χ3n) is 5.60. The quantitative estimate of drug-likeness (QED) is 0.532. The van der Waals surface area contributed by atoms with Gasteiger partial charge in [0.05, 0.1) is 17.7 Å². The Morgan fingerprint density at radius 2 is 1.91 bits per heavy atom. The Morgan fingerprint density at radius 1 is 1.12 bits per heavy atom. The summed E-state index contributed by atoms with van der Waals surface area (Å²) in [4.78, 5) is 17.3. The number of hydrogen-bond acceptors (Lipinski definition) is 6. The molecule has 0 aliphatic carbocycles. The van der Waals surface area contributed by atoms with Crippen LogP contribution in [-0.2, 0) is 13.2 Å². The van der Waals surface area contributed by atoms with Gasteiger partial charge in [0.15, 0.2) is 5.69 Å². The van der Waals surface area contributed by atoms with Crippen molar-refractivity contribution in [1.82, 2.24) is 15.0 Å². The molecule has 0 unspecified atom stereocenters. The highest BCUT2D eigenvalue weighted by molar-refractivity contribution is 6.32. The van der Waals surface area contributed by atoms with Crippen LogP contribution in [0.25, 0.3) is 0 Å². The molecule has 0 atom stereocenters. The average molecular weight is 456 g/mol. The molecular weight excluding hydrogens is 430 g/mol. The van der Waals surface area contributed by atoms with Crippen LogP contribution in [0.3, 0.4) is 0 Å². The molecule has 3 aromatic rings. The summed E-state index contributed by atoms with van der Waals surface area (Å²) in [5, 5.41) is 4.54. The highest BCUT2D eigenvalue weighted by atomic mass is 35.5. The zero-order chi connectivity index (χ0) is 22.5. The van der Waals surface area contributed by atoms with Gasteiger partial charge in [-0.25, -0.2) is 0 Å². The fourth-order valence-corrected chi connectivity index (χ4v) is 3.92. The monoisotopic (exact) mass is 455 g/mol. The molecule has 2 heterocycles. The van der Waals surface area contributed by atoms with Crippen LogP contribution in [0.1, 0.15) is 27.4 Å². The summed E-state index contributed by atoms with van der Waals surface area (Å²) in [7, 11) is 1.67. The minimum Gasteiger partial charge on any atom is -0.497 e. The van der Waals surface area contributed by atoms with Gasteiger partial charge < -0.3 is 18.9 Å². The van der Waals surface area contributed by atoms with Crippen LogP contribution >= 0.6 is 11.6 Å². The van der Waals surface area contributed by atoms with E-state index in [-0.39, 0.29) is 12.5 Å². The molecule has 0 N–H and O–H groups in total. The van der Waals surface area contributed by atoms with Crippen molar-refractivity contribution in [1.29, 1.82) is 0 Å². The van der Waals surface area contributed by atoms with Gasteiger partial charge >= 0.3 is 0 Å². The zero-order valence-electron chi connectivity index (χ0n) is 18.2. The minimum atomic E-state index is -0.138. The summed E-state index contributed by atoms with van der Waals surface area (Å²) in [6.07, 6.45) is 0. The van der Waals surface area contributed by atoms with Gasteiger partial charge in [0.2, 0.25) is 0 Å². The lowest BCUT2D eigenvalue weighted by atomic mass is 10.1. The number of aryl methyl sites for hydroxylation is 1. The molecule has 1 aliphatic heterocycles. The summed E-state index contributed by atoms with van der Waals surface area (Å²) in [6, 6.07) is 15.3. The van der Waals surface area contributed by atoms with Crippen LogP contribution in [0.4, 0.5) is 0 Å². The number of hydrogen-bond donors (Lipinski definition) is 0. The van der Waals surface area contributed by atoms with Gasteiger partial charge in [-0.1, -0.05) is 41.0 Å². The van der Waals surface area contributed by atoms with E-state index in [9.17, 15) is 4.79 Å². The highest BCUT2D eigenvalue weighted by Gasteiger charge is 2.28. The zero-order valence-corrected chi connectivity index (χ0v) is 19.0. The normalized spacial score (nSPS) is 14.4. The number of benzene rings is 2. The molecule has 7 nitrogen and oxygen atoms in total. The fourth-order valence-electron chi connectivity index (χ4n) is 3.73. The molecule has 8 heteroatoms. The molecule has 1 aliphatic rings. The highest BCUT2D eigenvalue weighted by Crippen LogP contribution is 2.26. The molecular formula is C24H26ClN3O4. The van der Waals surface area contributed by atoms with E-state index in [1.807, 2.05) is 35.2 Å². The van der Waals surface area contributed by atoms with E-state index in [1.165, 1.54) is 5.56 Å². The minimum absolute atomic E-state index is 0.138. The number of carbonyl (C=O) groups excluding carboxylic acids is 1. The predicted octanol–water partition coefficient (Wildman–Crippen LogP) is 4.18. The maximum absolute atomic E-state index is 13.1. The van der Waals surface area contributed by atoms with Crippen molar-refractivity contribution in [3.05, 3.63) is 76.1 Å². The second-order valence-corrected chi connectivity index (χ2v) is 8.11. The largest absolute Gasteiger partial charge is 0.497 e. The van der Waals surface area contributed by atoms with Gasteiger partial charge in [-0.05, 0) is 36.8 Å². The maximum atomic E-state index is 13.1. The lowest BCUT2D eigenvalue weighted by Gasteiger charge is -2.34. The first-order chi connectivity index (χ1) is 15.5. The number of ether oxygens (including phenoxy) is 2. The molecule has 1 saturated heterocycles. The molecule has 1 amide bonds. The number of carbonyl (C=O) groups is 1. The van der Waals surface area contributed by atoms with Crippen LogP contribution < -0.4 is 9.47 Å².